The van der Waals surface area contributed by atoms with Gasteiger partial charge in [0.25, 0.3) is 0 Å². The van der Waals surface area contributed by atoms with Crippen molar-refractivity contribution < 1.29 is 14.6 Å². The molecule has 0 aromatic heterocycles. The maximum absolute atomic E-state index is 9.11. The van der Waals surface area contributed by atoms with Gasteiger partial charge in [-0.15, -0.1) is 0 Å². The standard InChI is InChI=1S/C12H17NO3/c1-15-11-4-2-3-5-12(11)16-7-6-13-8-10(14)9-13/h2-5,10,14H,6-9H2,1H3. The highest BCUT2D eigenvalue weighted by Gasteiger charge is 2.23. The molecular weight excluding hydrogens is 206 g/mol. The Morgan fingerprint density at radius 2 is 2.00 bits per heavy atom. The normalized spacial score (nSPS) is 16.9. The van der Waals surface area contributed by atoms with E-state index in [0.29, 0.717) is 6.61 Å². The lowest BCUT2D eigenvalue weighted by Crippen LogP contribution is -2.51. The van der Waals surface area contributed by atoms with Gasteiger partial charge in [0.1, 0.15) is 6.61 Å². The Morgan fingerprint density at radius 3 is 2.62 bits per heavy atom. The molecule has 0 saturated carbocycles. The average Bonchev–Trinajstić information content (AvgIpc) is 2.27. The van der Waals surface area contributed by atoms with Crippen LogP contribution in [0.15, 0.2) is 24.3 Å². The van der Waals surface area contributed by atoms with E-state index in [2.05, 4.69) is 4.90 Å². The largest absolute Gasteiger partial charge is 0.493 e. The topological polar surface area (TPSA) is 41.9 Å². The van der Waals surface area contributed by atoms with Crippen LogP contribution in [0.25, 0.3) is 0 Å². The fraction of sp³-hybridized carbons (Fsp3) is 0.500. The van der Waals surface area contributed by atoms with E-state index in [9.17, 15) is 0 Å². The van der Waals surface area contributed by atoms with Crippen molar-refractivity contribution in [1.82, 2.24) is 4.90 Å². The van der Waals surface area contributed by atoms with Gasteiger partial charge < -0.3 is 14.6 Å². The molecule has 0 amide bonds. The van der Waals surface area contributed by atoms with E-state index in [4.69, 9.17) is 14.6 Å². The number of β-amino-alcohol motifs (C(OH)–C–C–N with tert-alkyl or cyclic N) is 1. The molecule has 1 aliphatic heterocycles. The highest BCUT2D eigenvalue weighted by atomic mass is 16.5. The lowest BCUT2D eigenvalue weighted by molar-refractivity contribution is -0.00400. The summed E-state index contributed by atoms with van der Waals surface area (Å²) in [5.74, 6) is 1.53. The predicted molar refractivity (Wildman–Crippen MR) is 60.9 cm³/mol. The Morgan fingerprint density at radius 1 is 1.31 bits per heavy atom. The van der Waals surface area contributed by atoms with Crippen LogP contribution in [0, 0.1) is 0 Å². The molecule has 1 aromatic rings. The summed E-state index contributed by atoms with van der Waals surface area (Å²) >= 11 is 0. The fourth-order valence-electron chi connectivity index (χ4n) is 1.75. The quantitative estimate of drug-likeness (QED) is 0.800. The molecule has 0 bridgehead atoms. The van der Waals surface area contributed by atoms with Gasteiger partial charge in [-0.2, -0.15) is 0 Å². The lowest BCUT2D eigenvalue weighted by atomic mass is 10.2. The third-order valence-electron chi connectivity index (χ3n) is 2.67. The fourth-order valence-corrected chi connectivity index (χ4v) is 1.75. The summed E-state index contributed by atoms with van der Waals surface area (Å²) in [5, 5.41) is 9.11. The Labute approximate surface area is 95.4 Å². The van der Waals surface area contributed by atoms with Crippen LogP contribution in [-0.2, 0) is 0 Å². The molecule has 1 aliphatic rings. The van der Waals surface area contributed by atoms with Gasteiger partial charge in [-0.05, 0) is 12.1 Å². The predicted octanol–water partition coefficient (Wildman–Crippen LogP) is 0.750. The molecule has 0 radical (unpaired) electrons. The van der Waals surface area contributed by atoms with Gasteiger partial charge >= 0.3 is 0 Å². The first-order valence-corrected chi connectivity index (χ1v) is 5.46. The Balaban J connectivity index is 1.76. The summed E-state index contributed by atoms with van der Waals surface area (Å²) in [7, 11) is 1.63. The summed E-state index contributed by atoms with van der Waals surface area (Å²) in [6.07, 6.45) is -0.147. The van der Waals surface area contributed by atoms with Gasteiger partial charge in [0.05, 0.1) is 13.2 Å². The zero-order chi connectivity index (χ0) is 11.4. The summed E-state index contributed by atoms with van der Waals surface area (Å²) in [5.41, 5.74) is 0. The molecule has 1 N–H and O–H groups in total. The highest BCUT2D eigenvalue weighted by molar-refractivity contribution is 5.39. The van der Waals surface area contributed by atoms with E-state index in [0.717, 1.165) is 31.1 Å². The van der Waals surface area contributed by atoms with Crippen LogP contribution in [0.2, 0.25) is 0 Å². The molecule has 16 heavy (non-hydrogen) atoms. The molecule has 2 rings (SSSR count). The number of para-hydroxylation sites is 2. The van der Waals surface area contributed by atoms with Crippen molar-refractivity contribution >= 4 is 0 Å². The number of aliphatic hydroxyl groups is 1. The smallest absolute Gasteiger partial charge is 0.161 e. The summed E-state index contributed by atoms with van der Waals surface area (Å²) < 4.78 is 10.8. The van der Waals surface area contributed by atoms with Crippen molar-refractivity contribution in [1.29, 1.82) is 0 Å². The first kappa shape index (κ1) is 11.2. The van der Waals surface area contributed by atoms with Crippen LogP contribution in [0.1, 0.15) is 0 Å². The number of benzene rings is 1. The van der Waals surface area contributed by atoms with Crippen molar-refractivity contribution in [3.63, 3.8) is 0 Å². The number of methoxy groups -OCH3 is 1. The second-order valence-corrected chi connectivity index (χ2v) is 3.91. The van der Waals surface area contributed by atoms with Crippen LogP contribution >= 0.6 is 0 Å². The monoisotopic (exact) mass is 223 g/mol. The minimum absolute atomic E-state index is 0.147. The summed E-state index contributed by atoms with van der Waals surface area (Å²) in [6.45, 7) is 2.98. The van der Waals surface area contributed by atoms with Crippen molar-refractivity contribution in [2.24, 2.45) is 0 Å². The van der Waals surface area contributed by atoms with E-state index >= 15 is 0 Å². The average molecular weight is 223 g/mol. The van der Waals surface area contributed by atoms with E-state index in [1.165, 1.54) is 0 Å². The number of nitrogens with zero attached hydrogens (tertiary/aromatic N) is 1. The maximum atomic E-state index is 9.11. The molecule has 4 heteroatoms. The Kier molecular flexibility index (Phi) is 3.64. The molecule has 0 unspecified atom stereocenters. The van der Waals surface area contributed by atoms with Gasteiger partial charge in [-0.3, -0.25) is 4.90 Å². The molecule has 1 fully saturated rings. The number of likely N-dealkylation sites (tertiary alicyclic amines) is 1. The zero-order valence-electron chi connectivity index (χ0n) is 9.43. The van der Waals surface area contributed by atoms with Gasteiger partial charge in [0, 0.05) is 19.6 Å². The molecule has 0 spiro atoms. The Hall–Kier alpha value is -1.26. The zero-order valence-corrected chi connectivity index (χ0v) is 9.43. The first-order valence-electron chi connectivity index (χ1n) is 5.46. The lowest BCUT2D eigenvalue weighted by Gasteiger charge is -2.35. The number of aliphatic hydroxyl groups excluding tert-OH is 1. The van der Waals surface area contributed by atoms with Gasteiger partial charge in [0.2, 0.25) is 0 Å². The molecule has 4 nitrogen and oxygen atoms in total. The summed E-state index contributed by atoms with van der Waals surface area (Å²) in [4.78, 5) is 2.15. The maximum Gasteiger partial charge on any atom is 0.161 e. The number of ether oxygens (including phenoxy) is 2. The third kappa shape index (κ3) is 2.65. The summed E-state index contributed by atoms with van der Waals surface area (Å²) in [6, 6.07) is 7.61. The van der Waals surface area contributed by atoms with Crippen LogP contribution in [-0.4, -0.2) is 49.5 Å². The molecule has 1 heterocycles. The molecule has 0 aliphatic carbocycles. The van der Waals surface area contributed by atoms with Gasteiger partial charge in [-0.1, -0.05) is 12.1 Å². The van der Waals surface area contributed by atoms with E-state index in [1.54, 1.807) is 7.11 Å². The number of rotatable bonds is 5. The Bertz CT molecular complexity index is 337. The van der Waals surface area contributed by atoms with Crippen molar-refractivity contribution in [2.45, 2.75) is 6.10 Å². The van der Waals surface area contributed by atoms with E-state index < -0.39 is 0 Å². The van der Waals surface area contributed by atoms with Crippen LogP contribution in [0.4, 0.5) is 0 Å². The van der Waals surface area contributed by atoms with Crippen LogP contribution in [0.5, 0.6) is 11.5 Å². The SMILES string of the molecule is COc1ccccc1OCCN1CC(O)C1. The first-order chi connectivity index (χ1) is 7.79. The molecular formula is C12H17NO3. The van der Waals surface area contributed by atoms with Crippen molar-refractivity contribution in [3.8, 4) is 11.5 Å². The number of hydrogen-bond acceptors (Lipinski definition) is 4. The van der Waals surface area contributed by atoms with Crippen LogP contribution in [0.3, 0.4) is 0 Å². The highest BCUT2D eigenvalue weighted by Crippen LogP contribution is 2.25. The van der Waals surface area contributed by atoms with Gasteiger partial charge in [0.15, 0.2) is 11.5 Å². The molecule has 88 valence electrons. The third-order valence-corrected chi connectivity index (χ3v) is 2.67. The van der Waals surface area contributed by atoms with Crippen molar-refractivity contribution in [2.75, 3.05) is 33.4 Å². The minimum atomic E-state index is -0.147. The molecule has 0 atom stereocenters. The van der Waals surface area contributed by atoms with Gasteiger partial charge in [-0.25, -0.2) is 0 Å². The van der Waals surface area contributed by atoms with E-state index in [1.807, 2.05) is 24.3 Å². The minimum Gasteiger partial charge on any atom is -0.493 e. The second-order valence-electron chi connectivity index (χ2n) is 3.91. The van der Waals surface area contributed by atoms with Crippen molar-refractivity contribution in [3.05, 3.63) is 24.3 Å². The second kappa shape index (κ2) is 5.18. The van der Waals surface area contributed by atoms with E-state index in [-0.39, 0.29) is 6.10 Å². The molecule has 1 saturated heterocycles. The number of hydrogen-bond donors (Lipinski definition) is 1. The van der Waals surface area contributed by atoms with Crippen LogP contribution < -0.4 is 9.47 Å². The molecule has 1 aromatic carbocycles.